The van der Waals surface area contributed by atoms with Gasteiger partial charge < -0.3 is 10.2 Å². The first-order chi connectivity index (χ1) is 12.5. The predicted molar refractivity (Wildman–Crippen MR) is 106 cm³/mol. The molecule has 26 heavy (non-hydrogen) atoms. The molecule has 1 aliphatic rings. The van der Waals surface area contributed by atoms with Crippen LogP contribution in [-0.2, 0) is 6.54 Å². The first-order valence-electron chi connectivity index (χ1n) is 9.68. The van der Waals surface area contributed by atoms with Crippen LogP contribution in [0.1, 0.15) is 61.3 Å². The van der Waals surface area contributed by atoms with Crippen LogP contribution in [0.2, 0.25) is 0 Å². The Kier molecular flexibility index (Phi) is 5.64. The van der Waals surface area contributed by atoms with E-state index in [9.17, 15) is 4.79 Å². The maximum atomic E-state index is 12.9. The van der Waals surface area contributed by atoms with E-state index in [1.807, 2.05) is 24.8 Å². The maximum absolute atomic E-state index is 12.9. The second-order valence-corrected chi connectivity index (χ2v) is 7.50. The molecule has 0 radical (unpaired) electrons. The molecule has 1 amide bonds. The summed E-state index contributed by atoms with van der Waals surface area (Å²) in [5.41, 5.74) is 4.07. The summed E-state index contributed by atoms with van der Waals surface area (Å²) in [4.78, 5) is 14.9. The van der Waals surface area contributed by atoms with E-state index in [1.54, 1.807) is 4.68 Å². The number of carbonyl (C=O) groups is 1. The molecule has 1 aromatic heterocycles. The number of nitrogens with zero attached hydrogens (tertiary/aromatic N) is 3. The van der Waals surface area contributed by atoms with Gasteiger partial charge in [-0.1, -0.05) is 26.0 Å². The number of benzene rings is 1. The van der Waals surface area contributed by atoms with Gasteiger partial charge in [0.1, 0.15) is 5.69 Å². The third kappa shape index (κ3) is 4.09. The maximum Gasteiger partial charge on any atom is 0.272 e. The molecule has 5 heteroatoms. The molecule has 0 bridgehead atoms. The molecule has 2 heterocycles. The van der Waals surface area contributed by atoms with Gasteiger partial charge in [-0.3, -0.25) is 9.48 Å². The van der Waals surface area contributed by atoms with Crippen LogP contribution in [0.4, 0.5) is 5.69 Å². The van der Waals surface area contributed by atoms with Crippen LogP contribution in [0.5, 0.6) is 0 Å². The van der Waals surface area contributed by atoms with Crippen molar-refractivity contribution in [3.63, 3.8) is 0 Å². The number of hydrogen-bond acceptors (Lipinski definition) is 3. The molecule has 2 aromatic rings. The number of aromatic nitrogens is 2. The fourth-order valence-corrected chi connectivity index (χ4v) is 3.60. The normalized spacial score (nSPS) is 17.6. The SMILES string of the molecule is CCn1nc(C)cc1C(=O)N1CCC[C@H](Nc2ccc(C(C)C)cc2)C1. The predicted octanol–water partition coefficient (Wildman–Crippen LogP) is 4.05. The van der Waals surface area contributed by atoms with Gasteiger partial charge in [-0.2, -0.15) is 5.10 Å². The molecule has 0 saturated carbocycles. The van der Waals surface area contributed by atoms with E-state index in [4.69, 9.17) is 0 Å². The highest BCUT2D eigenvalue weighted by atomic mass is 16.2. The lowest BCUT2D eigenvalue weighted by Gasteiger charge is -2.33. The molecule has 0 unspecified atom stereocenters. The highest BCUT2D eigenvalue weighted by Gasteiger charge is 2.26. The fourth-order valence-electron chi connectivity index (χ4n) is 3.60. The number of carbonyl (C=O) groups excluding carboxylic acids is 1. The van der Waals surface area contributed by atoms with Crippen LogP contribution in [0.15, 0.2) is 30.3 Å². The van der Waals surface area contributed by atoms with Gasteiger partial charge in [-0.05, 0) is 56.4 Å². The molecule has 1 atom stereocenters. The van der Waals surface area contributed by atoms with Gasteiger partial charge in [0.25, 0.3) is 5.91 Å². The van der Waals surface area contributed by atoms with Gasteiger partial charge in [0.15, 0.2) is 0 Å². The van der Waals surface area contributed by atoms with Crippen molar-refractivity contribution < 1.29 is 4.79 Å². The highest BCUT2D eigenvalue weighted by molar-refractivity contribution is 5.92. The number of nitrogens with one attached hydrogen (secondary N) is 1. The fraction of sp³-hybridized carbons (Fsp3) is 0.524. The number of rotatable bonds is 5. The molecule has 140 valence electrons. The van der Waals surface area contributed by atoms with Crippen molar-refractivity contribution in [2.45, 2.75) is 59.0 Å². The minimum absolute atomic E-state index is 0.0918. The van der Waals surface area contributed by atoms with Crippen LogP contribution in [0, 0.1) is 6.92 Å². The van der Waals surface area contributed by atoms with Gasteiger partial charge in [-0.15, -0.1) is 0 Å². The number of likely N-dealkylation sites (tertiary alicyclic amines) is 1. The van der Waals surface area contributed by atoms with E-state index in [0.717, 1.165) is 37.3 Å². The van der Waals surface area contributed by atoms with Crippen LogP contribution < -0.4 is 5.32 Å². The van der Waals surface area contributed by atoms with Gasteiger partial charge >= 0.3 is 0 Å². The minimum Gasteiger partial charge on any atom is -0.381 e. The topological polar surface area (TPSA) is 50.2 Å². The monoisotopic (exact) mass is 354 g/mol. The Morgan fingerprint density at radius 2 is 2.04 bits per heavy atom. The molecule has 0 spiro atoms. The van der Waals surface area contributed by atoms with Crippen LogP contribution in [0.25, 0.3) is 0 Å². The molecule has 1 saturated heterocycles. The van der Waals surface area contributed by atoms with Crippen molar-refractivity contribution in [2.24, 2.45) is 0 Å². The van der Waals surface area contributed by atoms with Gasteiger partial charge in [0.05, 0.1) is 5.69 Å². The summed E-state index contributed by atoms with van der Waals surface area (Å²) < 4.78 is 1.80. The molecular weight excluding hydrogens is 324 g/mol. The lowest BCUT2D eigenvalue weighted by atomic mass is 10.0. The molecule has 1 aromatic carbocycles. The Balaban J connectivity index is 1.66. The van der Waals surface area contributed by atoms with Gasteiger partial charge in [-0.25, -0.2) is 0 Å². The number of hydrogen-bond donors (Lipinski definition) is 1. The minimum atomic E-state index is 0.0918. The molecule has 3 rings (SSSR count). The van der Waals surface area contributed by atoms with E-state index in [0.29, 0.717) is 18.2 Å². The summed E-state index contributed by atoms with van der Waals surface area (Å²) >= 11 is 0. The second kappa shape index (κ2) is 7.94. The zero-order chi connectivity index (χ0) is 18.7. The van der Waals surface area contributed by atoms with E-state index in [2.05, 4.69) is 48.5 Å². The summed E-state index contributed by atoms with van der Waals surface area (Å²) in [6.45, 7) is 10.6. The smallest absolute Gasteiger partial charge is 0.272 e. The average molecular weight is 354 g/mol. The second-order valence-electron chi connectivity index (χ2n) is 7.50. The Hall–Kier alpha value is -2.30. The molecule has 1 N–H and O–H groups in total. The number of amides is 1. The Labute approximate surface area is 156 Å². The first-order valence-corrected chi connectivity index (χ1v) is 9.68. The van der Waals surface area contributed by atoms with Crippen molar-refractivity contribution in [3.05, 3.63) is 47.3 Å². The summed E-state index contributed by atoms with van der Waals surface area (Å²) in [6.07, 6.45) is 2.11. The summed E-state index contributed by atoms with van der Waals surface area (Å²) in [5, 5.41) is 8.01. The zero-order valence-electron chi connectivity index (χ0n) is 16.3. The van der Waals surface area contributed by atoms with Crippen molar-refractivity contribution in [1.29, 1.82) is 0 Å². The van der Waals surface area contributed by atoms with Crippen molar-refractivity contribution in [2.75, 3.05) is 18.4 Å². The first kappa shape index (κ1) is 18.5. The van der Waals surface area contributed by atoms with Crippen molar-refractivity contribution >= 4 is 11.6 Å². The third-order valence-electron chi connectivity index (χ3n) is 5.08. The van der Waals surface area contributed by atoms with Crippen LogP contribution in [-0.4, -0.2) is 39.7 Å². The highest BCUT2D eigenvalue weighted by Crippen LogP contribution is 2.21. The van der Waals surface area contributed by atoms with Gasteiger partial charge in [0, 0.05) is 31.4 Å². The standard InChI is InChI=1S/C21H30N4O/c1-5-25-20(13-16(4)23-25)21(26)24-12-6-7-19(14-24)22-18-10-8-17(9-11-18)15(2)3/h8-11,13,15,19,22H,5-7,12,14H2,1-4H3/t19-/m0/s1. The largest absolute Gasteiger partial charge is 0.381 e. The molecule has 1 fully saturated rings. The van der Waals surface area contributed by atoms with E-state index in [-0.39, 0.29) is 11.9 Å². The van der Waals surface area contributed by atoms with E-state index in [1.165, 1.54) is 5.56 Å². The summed E-state index contributed by atoms with van der Waals surface area (Å²) in [6, 6.07) is 10.8. The molecular formula is C21H30N4O. The van der Waals surface area contributed by atoms with E-state index < -0.39 is 0 Å². The lowest BCUT2D eigenvalue weighted by molar-refractivity contribution is 0.0702. The van der Waals surface area contributed by atoms with Crippen LogP contribution in [0.3, 0.4) is 0 Å². The van der Waals surface area contributed by atoms with Crippen LogP contribution >= 0.6 is 0 Å². The number of anilines is 1. The quantitative estimate of drug-likeness (QED) is 0.881. The van der Waals surface area contributed by atoms with Crippen molar-refractivity contribution in [3.8, 4) is 0 Å². The summed E-state index contributed by atoms with van der Waals surface area (Å²) in [5.74, 6) is 0.632. The Bertz CT molecular complexity index is 748. The van der Waals surface area contributed by atoms with Crippen molar-refractivity contribution in [1.82, 2.24) is 14.7 Å². The number of piperidine rings is 1. The molecule has 5 nitrogen and oxygen atoms in total. The number of aryl methyl sites for hydroxylation is 2. The zero-order valence-corrected chi connectivity index (χ0v) is 16.3. The molecule has 0 aliphatic carbocycles. The Morgan fingerprint density at radius 1 is 1.31 bits per heavy atom. The molecule has 1 aliphatic heterocycles. The lowest BCUT2D eigenvalue weighted by Crippen LogP contribution is -2.45. The van der Waals surface area contributed by atoms with Gasteiger partial charge in [0.2, 0.25) is 0 Å². The average Bonchev–Trinajstić information content (AvgIpc) is 3.02. The van der Waals surface area contributed by atoms with E-state index >= 15 is 0 Å². The Morgan fingerprint density at radius 3 is 2.69 bits per heavy atom. The third-order valence-corrected chi connectivity index (χ3v) is 5.08. The summed E-state index contributed by atoms with van der Waals surface area (Å²) in [7, 11) is 0.